The van der Waals surface area contributed by atoms with Crippen molar-refractivity contribution in [3.8, 4) is 17.2 Å². The van der Waals surface area contributed by atoms with Crippen molar-refractivity contribution in [2.45, 2.75) is 26.2 Å². The van der Waals surface area contributed by atoms with Gasteiger partial charge in [0, 0.05) is 17.3 Å². The summed E-state index contributed by atoms with van der Waals surface area (Å²) in [5, 5.41) is 20.8. The molecule has 1 heterocycles. The third-order valence-corrected chi connectivity index (χ3v) is 4.70. The molecule has 7 heteroatoms. The molecule has 0 saturated carbocycles. The molecular formula is C17H15ClN4O2. The van der Waals surface area contributed by atoms with Crippen molar-refractivity contribution in [3.63, 3.8) is 0 Å². The third-order valence-electron chi connectivity index (χ3n) is 4.38. The number of aryl methyl sites for hydroxylation is 1. The van der Waals surface area contributed by atoms with Gasteiger partial charge in [0.15, 0.2) is 0 Å². The molecule has 0 bridgehead atoms. The van der Waals surface area contributed by atoms with Gasteiger partial charge in [-0.2, -0.15) is 5.26 Å². The molecule has 0 amide bonds. The lowest BCUT2D eigenvalue weighted by molar-refractivity contribution is -0.384. The summed E-state index contributed by atoms with van der Waals surface area (Å²) in [4.78, 5) is 15.0. The van der Waals surface area contributed by atoms with Gasteiger partial charge in [0.05, 0.1) is 4.92 Å². The van der Waals surface area contributed by atoms with Crippen LogP contribution in [0, 0.1) is 27.4 Å². The lowest BCUT2D eigenvalue weighted by Crippen LogP contribution is -2.16. The van der Waals surface area contributed by atoms with Gasteiger partial charge in [-0.1, -0.05) is 24.6 Å². The molecule has 1 aliphatic carbocycles. The van der Waals surface area contributed by atoms with E-state index in [4.69, 9.17) is 17.3 Å². The Labute approximate surface area is 144 Å². The third kappa shape index (κ3) is 2.68. The number of nitro benzene ring substituents is 1. The first kappa shape index (κ1) is 16.2. The first-order chi connectivity index (χ1) is 11.4. The number of pyridine rings is 1. The predicted molar refractivity (Wildman–Crippen MR) is 91.7 cm³/mol. The van der Waals surface area contributed by atoms with E-state index in [-0.39, 0.29) is 22.1 Å². The van der Waals surface area contributed by atoms with E-state index in [1.54, 1.807) is 6.07 Å². The van der Waals surface area contributed by atoms with Gasteiger partial charge < -0.3 is 5.73 Å². The Balaban J connectivity index is 2.31. The van der Waals surface area contributed by atoms with Gasteiger partial charge in [-0.15, -0.1) is 0 Å². The Bertz CT molecular complexity index is 889. The Morgan fingerprint density at radius 1 is 1.50 bits per heavy atom. The Hall–Kier alpha value is -2.65. The fourth-order valence-corrected chi connectivity index (χ4v) is 3.38. The average Bonchev–Trinajstić information content (AvgIpc) is 2.54. The number of nitrogens with two attached hydrogens (primary N) is 1. The van der Waals surface area contributed by atoms with Crippen molar-refractivity contribution in [2.75, 3.05) is 5.73 Å². The van der Waals surface area contributed by atoms with E-state index in [2.05, 4.69) is 18.0 Å². The highest BCUT2D eigenvalue weighted by Crippen LogP contribution is 2.39. The molecule has 0 saturated heterocycles. The van der Waals surface area contributed by atoms with Crippen LogP contribution in [-0.2, 0) is 12.8 Å². The highest BCUT2D eigenvalue weighted by Gasteiger charge is 2.26. The van der Waals surface area contributed by atoms with Crippen molar-refractivity contribution >= 4 is 23.1 Å². The summed E-state index contributed by atoms with van der Waals surface area (Å²) >= 11 is 5.91. The quantitative estimate of drug-likeness (QED) is 0.658. The summed E-state index contributed by atoms with van der Waals surface area (Å²) in [7, 11) is 0. The van der Waals surface area contributed by atoms with E-state index in [9.17, 15) is 15.4 Å². The van der Waals surface area contributed by atoms with E-state index < -0.39 is 4.92 Å². The van der Waals surface area contributed by atoms with Crippen LogP contribution in [0.2, 0.25) is 5.02 Å². The Kier molecular flexibility index (Phi) is 4.12. The smallest absolute Gasteiger partial charge is 0.288 e. The van der Waals surface area contributed by atoms with Gasteiger partial charge in [0.1, 0.15) is 22.5 Å². The van der Waals surface area contributed by atoms with Crippen molar-refractivity contribution in [1.29, 1.82) is 5.26 Å². The van der Waals surface area contributed by atoms with Crippen LogP contribution in [0.4, 0.5) is 11.5 Å². The number of hydrogen-bond acceptors (Lipinski definition) is 5. The van der Waals surface area contributed by atoms with Gasteiger partial charge in [-0.05, 0) is 42.4 Å². The number of halogens is 1. The number of hydrogen-bond donors (Lipinski definition) is 1. The van der Waals surface area contributed by atoms with Gasteiger partial charge in [-0.25, -0.2) is 4.98 Å². The number of nitriles is 1. The maximum Gasteiger partial charge on any atom is 0.288 e. The largest absolute Gasteiger partial charge is 0.383 e. The maximum atomic E-state index is 11.2. The second-order valence-electron chi connectivity index (χ2n) is 6.06. The molecule has 0 radical (unpaired) electrons. The van der Waals surface area contributed by atoms with Gasteiger partial charge >= 0.3 is 0 Å². The summed E-state index contributed by atoms with van der Waals surface area (Å²) in [6.45, 7) is 2.14. The zero-order valence-corrected chi connectivity index (χ0v) is 13.8. The molecule has 24 heavy (non-hydrogen) atoms. The number of aromatic nitrogens is 1. The molecule has 1 unspecified atom stereocenters. The summed E-state index contributed by atoms with van der Waals surface area (Å²) < 4.78 is 0. The van der Waals surface area contributed by atoms with E-state index >= 15 is 0 Å². The number of anilines is 1. The summed E-state index contributed by atoms with van der Waals surface area (Å²) in [5.41, 5.74) is 9.08. The van der Waals surface area contributed by atoms with Crippen LogP contribution in [-0.4, -0.2) is 9.91 Å². The standard InChI is InChI=1S/C17H15ClN4O2/c1-9-2-5-14-11(6-9)16(12(8-19)17(20)21-14)10-3-4-13(18)15(7-10)22(23)24/h3-4,7,9H,2,5-6H2,1H3,(H2,20,21). The number of nitrogens with zero attached hydrogens (tertiary/aromatic N) is 3. The Morgan fingerprint density at radius 2 is 2.25 bits per heavy atom. The minimum Gasteiger partial charge on any atom is -0.383 e. The molecule has 1 aromatic heterocycles. The molecule has 3 rings (SSSR count). The molecule has 1 aliphatic rings. The molecule has 122 valence electrons. The van der Waals surface area contributed by atoms with E-state index in [1.165, 1.54) is 12.1 Å². The SMILES string of the molecule is CC1CCc2nc(N)c(C#N)c(-c3ccc(Cl)c([N+](=O)[O-])c3)c2C1. The van der Waals surface area contributed by atoms with Crippen molar-refractivity contribution < 1.29 is 4.92 Å². The number of fused-ring (bicyclic) bond motifs is 1. The normalized spacial score (nSPS) is 16.3. The van der Waals surface area contributed by atoms with Gasteiger partial charge in [0.25, 0.3) is 5.69 Å². The summed E-state index contributed by atoms with van der Waals surface area (Å²) in [5.74, 6) is 0.619. The molecule has 0 spiro atoms. The van der Waals surface area contributed by atoms with Crippen molar-refractivity contribution in [1.82, 2.24) is 4.98 Å². The second kappa shape index (κ2) is 6.10. The first-order valence-corrected chi connectivity index (χ1v) is 7.95. The minimum absolute atomic E-state index is 0.0616. The number of rotatable bonds is 2. The van der Waals surface area contributed by atoms with Gasteiger partial charge in [0.2, 0.25) is 0 Å². The lowest BCUT2D eigenvalue weighted by Gasteiger charge is -2.25. The zero-order valence-electron chi connectivity index (χ0n) is 13.0. The highest BCUT2D eigenvalue weighted by molar-refractivity contribution is 6.32. The van der Waals surface area contributed by atoms with Crippen molar-refractivity contribution in [3.05, 3.63) is 50.2 Å². The fourth-order valence-electron chi connectivity index (χ4n) is 3.19. The highest BCUT2D eigenvalue weighted by atomic mass is 35.5. The van der Waals surface area contributed by atoms with Crippen molar-refractivity contribution in [2.24, 2.45) is 5.92 Å². The predicted octanol–water partition coefficient (Wildman–Crippen LogP) is 3.89. The van der Waals surface area contributed by atoms with Crippen LogP contribution < -0.4 is 5.73 Å². The topological polar surface area (TPSA) is 106 Å². The van der Waals surface area contributed by atoms with Crippen LogP contribution in [0.25, 0.3) is 11.1 Å². The molecular weight excluding hydrogens is 328 g/mol. The molecule has 2 N–H and O–H groups in total. The van der Waals surface area contributed by atoms with Crippen LogP contribution in [0.5, 0.6) is 0 Å². The monoisotopic (exact) mass is 342 g/mol. The zero-order chi connectivity index (χ0) is 17.4. The van der Waals surface area contributed by atoms with Crippen LogP contribution in [0.15, 0.2) is 18.2 Å². The maximum absolute atomic E-state index is 11.2. The summed E-state index contributed by atoms with van der Waals surface area (Å²) in [6, 6.07) is 6.66. The first-order valence-electron chi connectivity index (χ1n) is 7.58. The molecule has 0 fully saturated rings. The minimum atomic E-state index is -0.530. The molecule has 1 aromatic carbocycles. The average molecular weight is 343 g/mol. The van der Waals surface area contributed by atoms with Gasteiger partial charge in [-0.3, -0.25) is 10.1 Å². The lowest BCUT2D eigenvalue weighted by atomic mass is 9.82. The van der Waals surface area contributed by atoms with Crippen LogP contribution >= 0.6 is 11.6 Å². The molecule has 6 nitrogen and oxygen atoms in total. The summed E-state index contributed by atoms with van der Waals surface area (Å²) in [6.07, 6.45) is 2.56. The van der Waals surface area contributed by atoms with E-state index in [0.29, 0.717) is 17.0 Å². The van der Waals surface area contributed by atoms with Crippen LogP contribution in [0.1, 0.15) is 30.2 Å². The molecule has 1 atom stereocenters. The second-order valence-corrected chi connectivity index (χ2v) is 6.46. The van der Waals surface area contributed by atoms with Crippen LogP contribution in [0.3, 0.4) is 0 Å². The molecule has 0 aliphatic heterocycles. The fraction of sp³-hybridized carbons (Fsp3) is 0.294. The number of benzene rings is 1. The van der Waals surface area contributed by atoms with E-state index in [1.807, 2.05) is 0 Å². The number of nitro groups is 1. The number of nitrogen functional groups attached to an aromatic ring is 1. The molecule has 2 aromatic rings. The van der Waals surface area contributed by atoms with E-state index in [0.717, 1.165) is 30.5 Å². The Morgan fingerprint density at radius 3 is 2.92 bits per heavy atom.